The molecule has 2 unspecified atom stereocenters. The number of nitrogens with one attached hydrogen (secondary N) is 1. The number of allylic oxidation sites excluding steroid dienone is 1. The van der Waals surface area contributed by atoms with E-state index in [4.69, 9.17) is 0 Å². The van der Waals surface area contributed by atoms with E-state index >= 15 is 0 Å². The number of H-pyrrole nitrogens is 1. The Morgan fingerprint density at radius 1 is 1.06 bits per heavy atom. The Morgan fingerprint density at radius 2 is 1.85 bits per heavy atom. The highest BCUT2D eigenvalue weighted by molar-refractivity contribution is 5.75. The van der Waals surface area contributed by atoms with Crippen LogP contribution >= 0.6 is 0 Å². The van der Waals surface area contributed by atoms with E-state index in [0.717, 1.165) is 62.1 Å². The molecule has 4 heteroatoms. The molecule has 0 saturated heterocycles. The lowest BCUT2D eigenvalue weighted by molar-refractivity contribution is -0.0574. The van der Waals surface area contributed by atoms with Crippen LogP contribution in [-0.2, 0) is 6.42 Å². The monoisotopic (exact) mass is 443 g/mol. The highest BCUT2D eigenvalue weighted by Gasteiger charge is 2.46. The first kappa shape index (κ1) is 22.4. The van der Waals surface area contributed by atoms with E-state index in [9.17, 15) is 5.11 Å². The molecule has 1 saturated carbocycles. The maximum Gasteiger partial charge on any atom is 0.107 e. The predicted octanol–water partition coefficient (Wildman–Crippen LogP) is 5.68. The summed E-state index contributed by atoms with van der Waals surface area (Å²) >= 11 is 0. The Hall–Kier alpha value is -2.43. The summed E-state index contributed by atoms with van der Waals surface area (Å²) in [5.74, 6) is 1.83. The first-order valence-corrected chi connectivity index (χ1v) is 12.6. The number of rotatable bonds is 8. The van der Waals surface area contributed by atoms with Crippen LogP contribution in [0.1, 0.15) is 54.6 Å². The van der Waals surface area contributed by atoms with Gasteiger partial charge in [-0.2, -0.15) is 0 Å². The maximum atomic E-state index is 11.6. The average molecular weight is 444 g/mol. The fourth-order valence-corrected chi connectivity index (χ4v) is 6.17. The Balaban J connectivity index is 1.16. The van der Waals surface area contributed by atoms with Crippen LogP contribution in [0.3, 0.4) is 0 Å². The topological polar surface area (TPSA) is 52.1 Å². The first-order chi connectivity index (χ1) is 15.9. The van der Waals surface area contributed by atoms with Crippen LogP contribution < -0.4 is 0 Å². The third-order valence-corrected chi connectivity index (χ3v) is 8.02. The molecule has 0 aliphatic heterocycles. The number of hydrogen-bond donors (Lipinski definition) is 2. The van der Waals surface area contributed by atoms with Crippen molar-refractivity contribution < 1.29 is 5.11 Å². The second-order valence-corrected chi connectivity index (χ2v) is 10.4. The van der Waals surface area contributed by atoms with E-state index in [2.05, 4.69) is 72.2 Å². The van der Waals surface area contributed by atoms with Crippen LogP contribution in [0.5, 0.6) is 0 Å². The standard InChI is InChI=1S/C29H37N3O/c1-20-8-6-9-21(2)28(20)24-18-23-14-13-22(24)19-29(23,33)15-17-32(3)16-7-12-27-30-25-10-4-5-11-26(25)31-27/h4-6,8-11,18,22-23,33H,7,12-17,19H2,1-3H3,(H,30,31)/t22?,23-,29?/m1/s1. The number of benzene rings is 2. The van der Waals surface area contributed by atoms with Crippen molar-refractivity contribution in [3.63, 3.8) is 0 Å². The summed E-state index contributed by atoms with van der Waals surface area (Å²) < 4.78 is 0. The molecule has 2 aromatic carbocycles. The Bertz CT molecular complexity index is 1110. The molecule has 1 aromatic heterocycles. The summed E-state index contributed by atoms with van der Waals surface area (Å²) in [6, 6.07) is 14.8. The van der Waals surface area contributed by atoms with Gasteiger partial charge in [0.05, 0.1) is 16.6 Å². The molecule has 2 bridgehead atoms. The highest BCUT2D eigenvalue weighted by Crippen LogP contribution is 2.51. The molecule has 174 valence electrons. The van der Waals surface area contributed by atoms with E-state index in [-0.39, 0.29) is 5.92 Å². The fourth-order valence-electron chi connectivity index (χ4n) is 6.17. The molecule has 1 fully saturated rings. The molecule has 1 heterocycles. The zero-order valence-electron chi connectivity index (χ0n) is 20.3. The van der Waals surface area contributed by atoms with Crippen molar-refractivity contribution in [2.75, 3.05) is 20.1 Å². The van der Waals surface area contributed by atoms with Gasteiger partial charge in [0.25, 0.3) is 0 Å². The average Bonchev–Trinajstić information content (AvgIpc) is 3.21. The summed E-state index contributed by atoms with van der Waals surface area (Å²) in [6.45, 7) is 6.40. The Labute approximate surface area is 197 Å². The summed E-state index contributed by atoms with van der Waals surface area (Å²) in [5, 5.41) is 11.6. The van der Waals surface area contributed by atoms with Gasteiger partial charge in [-0.1, -0.05) is 36.4 Å². The molecule has 3 aromatic rings. The van der Waals surface area contributed by atoms with Gasteiger partial charge in [0.1, 0.15) is 5.82 Å². The molecule has 6 rings (SSSR count). The van der Waals surface area contributed by atoms with Gasteiger partial charge >= 0.3 is 0 Å². The van der Waals surface area contributed by atoms with Crippen molar-refractivity contribution in [3.8, 4) is 0 Å². The molecule has 3 atom stereocenters. The SMILES string of the molecule is Cc1cccc(C)c1C1=C[C@H]2CCC1CC2(O)CCN(C)CCCc1nc2ccccc2[nH]1. The number of aliphatic hydroxyl groups is 1. The minimum atomic E-state index is -0.560. The highest BCUT2D eigenvalue weighted by atomic mass is 16.3. The van der Waals surface area contributed by atoms with Crippen molar-refractivity contribution in [3.05, 3.63) is 71.1 Å². The van der Waals surface area contributed by atoms with Crippen molar-refractivity contribution >= 4 is 16.6 Å². The number of aromatic nitrogens is 2. The van der Waals surface area contributed by atoms with E-state index in [1.54, 1.807) is 0 Å². The molecule has 33 heavy (non-hydrogen) atoms. The predicted molar refractivity (Wildman–Crippen MR) is 136 cm³/mol. The Morgan fingerprint density at radius 3 is 2.58 bits per heavy atom. The van der Waals surface area contributed by atoms with Gasteiger partial charge in [-0.25, -0.2) is 4.98 Å². The summed E-state index contributed by atoms with van der Waals surface area (Å²) in [6.07, 6.45) is 8.53. The van der Waals surface area contributed by atoms with Gasteiger partial charge in [0.15, 0.2) is 0 Å². The quantitative estimate of drug-likeness (QED) is 0.471. The van der Waals surface area contributed by atoms with E-state index < -0.39 is 5.60 Å². The number of para-hydroxylation sites is 2. The van der Waals surface area contributed by atoms with Gasteiger partial charge in [-0.05, 0) is 99.9 Å². The number of aromatic amines is 1. The van der Waals surface area contributed by atoms with Crippen LogP contribution in [0, 0.1) is 25.7 Å². The largest absolute Gasteiger partial charge is 0.389 e. The minimum Gasteiger partial charge on any atom is -0.389 e. The lowest BCUT2D eigenvalue weighted by Gasteiger charge is -2.48. The second-order valence-electron chi connectivity index (χ2n) is 10.4. The number of aryl methyl sites for hydroxylation is 3. The van der Waals surface area contributed by atoms with Crippen LogP contribution in [0.25, 0.3) is 16.6 Å². The zero-order chi connectivity index (χ0) is 23.0. The van der Waals surface area contributed by atoms with Gasteiger partial charge in [-0.3, -0.25) is 0 Å². The number of imidazole rings is 1. The van der Waals surface area contributed by atoms with Gasteiger partial charge < -0.3 is 15.0 Å². The van der Waals surface area contributed by atoms with Crippen molar-refractivity contribution in [2.45, 2.75) is 58.0 Å². The normalized spacial score (nSPS) is 24.6. The number of hydrogen-bond acceptors (Lipinski definition) is 3. The molecule has 2 N–H and O–H groups in total. The van der Waals surface area contributed by atoms with E-state index in [1.807, 2.05) is 12.1 Å². The van der Waals surface area contributed by atoms with Gasteiger partial charge in [-0.15, -0.1) is 0 Å². The molecular weight excluding hydrogens is 406 g/mol. The van der Waals surface area contributed by atoms with Gasteiger partial charge in [0.2, 0.25) is 0 Å². The molecule has 0 amide bonds. The fraction of sp³-hybridized carbons (Fsp3) is 0.483. The van der Waals surface area contributed by atoms with Crippen LogP contribution in [0.15, 0.2) is 48.5 Å². The molecule has 3 aliphatic carbocycles. The molecule has 0 radical (unpaired) electrons. The summed E-state index contributed by atoms with van der Waals surface area (Å²) in [7, 11) is 2.18. The lowest BCUT2D eigenvalue weighted by Crippen LogP contribution is -2.48. The van der Waals surface area contributed by atoms with Crippen LogP contribution in [0.4, 0.5) is 0 Å². The lowest BCUT2D eigenvalue weighted by atomic mass is 9.60. The number of fused-ring (bicyclic) bond motifs is 3. The van der Waals surface area contributed by atoms with Crippen molar-refractivity contribution in [2.24, 2.45) is 11.8 Å². The molecule has 0 spiro atoms. The molecule has 3 aliphatic rings. The molecule has 4 nitrogen and oxygen atoms in total. The van der Waals surface area contributed by atoms with E-state index in [0.29, 0.717) is 5.92 Å². The second kappa shape index (κ2) is 9.08. The third-order valence-electron chi connectivity index (χ3n) is 8.02. The maximum absolute atomic E-state index is 11.6. The van der Waals surface area contributed by atoms with E-state index in [1.165, 1.54) is 28.7 Å². The van der Waals surface area contributed by atoms with Gasteiger partial charge in [0, 0.05) is 18.9 Å². The minimum absolute atomic E-state index is 0.278. The zero-order valence-corrected chi connectivity index (χ0v) is 20.3. The van der Waals surface area contributed by atoms with Crippen molar-refractivity contribution in [1.29, 1.82) is 0 Å². The summed E-state index contributed by atoms with van der Waals surface area (Å²) in [5.41, 5.74) is 7.24. The van der Waals surface area contributed by atoms with Crippen molar-refractivity contribution in [1.82, 2.24) is 14.9 Å². The first-order valence-electron chi connectivity index (χ1n) is 12.6. The summed E-state index contributed by atoms with van der Waals surface area (Å²) in [4.78, 5) is 10.5. The smallest absolute Gasteiger partial charge is 0.107 e. The third kappa shape index (κ3) is 4.51. The van der Waals surface area contributed by atoms with Crippen LogP contribution in [0.2, 0.25) is 0 Å². The Kier molecular flexibility index (Phi) is 6.15. The van der Waals surface area contributed by atoms with Crippen LogP contribution in [-0.4, -0.2) is 45.7 Å². The number of nitrogens with zero attached hydrogens (tertiary/aromatic N) is 2. The molecular formula is C29H37N3O.